The number of halogens is 1. The molecule has 94 valence electrons. The summed E-state index contributed by atoms with van der Waals surface area (Å²) in [6.07, 6.45) is 2.22. The van der Waals surface area contributed by atoms with Gasteiger partial charge in [0, 0.05) is 17.1 Å². The molecule has 1 aliphatic rings. The van der Waals surface area contributed by atoms with Gasteiger partial charge in [0.2, 0.25) is 0 Å². The summed E-state index contributed by atoms with van der Waals surface area (Å²) in [6.45, 7) is 6.19. The second kappa shape index (κ2) is 5.15. The van der Waals surface area contributed by atoms with Gasteiger partial charge in [-0.3, -0.25) is 0 Å². The third-order valence-electron chi connectivity index (χ3n) is 3.45. The Labute approximate surface area is 103 Å². The Bertz CT molecular complexity index is 370. The minimum atomic E-state index is -0.312. The Hall–Kier alpha value is -0.930. The molecule has 2 rings (SSSR count). The molecule has 1 saturated heterocycles. The van der Waals surface area contributed by atoms with Crippen molar-refractivity contribution >= 4 is 0 Å². The van der Waals surface area contributed by atoms with Gasteiger partial charge in [0.1, 0.15) is 5.82 Å². The van der Waals surface area contributed by atoms with Crippen LogP contribution in [0.15, 0.2) is 24.3 Å². The average Bonchev–Trinajstić information content (AvgIpc) is 2.30. The third-order valence-corrected chi connectivity index (χ3v) is 3.45. The summed E-state index contributed by atoms with van der Waals surface area (Å²) in [5.74, 6) is -0.126. The summed E-state index contributed by atoms with van der Waals surface area (Å²) in [4.78, 5) is 0. The van der Waals surface area contributed by atoms with E-state index in [1.165, 1.54) is 6.07 Å². The molecule has 1 heterocycles. The lowest BCUT2D eigenvalue weighted by Crippen LogP contribution is -2.48. The molecule has 0 unspecified atom stereocenters. The fraction of sp³-hybridized carbons (Fsp3) is 0.571. The fourth-order valence-electron chi connectivity index (χ4n) is 2.52. The highest BCUT2D eigenvalue weighted by Gasteiger charge is 2.27. The molecule has 2 N–H and O–H groups in total. The van der Waals surface area contributed by atoms with Crippen molar-refractivity contribution in [2.75, 3.05) is 13.1 Å². The topological polar surface area (TPSA) is 24.1 Å². The lowest BCUT2D eigenvalue weighted by atomic mass is 9.91. The van der Waals surface area contributed by atoms with Crippen LogP contribution in [0.2, 0.25) is 0 Å². The van der Waals surface area contributed by atoms with Gasteiger partial charge in [-0.25, -0.2) is 4.39 Å². The van der Waals surface area contributed by atoms with Gasteiger partial charge in [-0.1, -0.05) is 18.2 Å². The van der Waals surface area contributed by atoms with Crippen molar-refractivity contribution in [3.8, 4) is 0 Å². The van der Waals surface area contributed by atoms with Crippen LogP contribution >= 0.6 is 0 Å². The molecule has 0 amide bonds. The number of piperidine rings is 1. The van der Waals surface area contributed by atoms with Crippen molar-refractivity contribution in [3.63, 3.8) is 0 Å². The van der Waals surface area contributed by atoms with E-state index in [0.717, 1.165) is 31.5 Å². The van der Waals surface area contributed by atoms with Crippen LogP contribution in [0, 0.1) is 5.82 Å². The SMILES string of the molecule is CC(C)(NC1CCNCC1)c1ccccc1F. The van der Waals surface area contributed by atoms with Crippen molar-refractivity contribution in [2.24, 2.45) is 0 Å². The minimum absolute atomic E-state index is 0.126. The van der Waals surface area contributed by atoms with Crippen LogP contribution in [0.1, 0.15) is 32.3 Å². The molecule has 0 aromatic heterocycles. The smallest absolute Gasteiger partial charge is 0.128 e. The maximum Gasteiger partial charge on any atom is 0.128 e. The van der Waals surface area contributed by atoms with E-state index >= 15 is 0 Å². The standard InChI is InChI=1S/C14H21FN2/c1-14(2,12-5-3-4-6-13(12)15)17-11-7-9-16-10-8-11/h3-6,11,16-17H,7-10H2,1-2H3. The van der Waals surface area contributed by atoms with Gasteiger partial charge in [0.25, 0.3) is 0 Å². The van der Waals surface area contributed by atoms with Crippen molar-refractivity contribution in [3.05, 3.63) is 35.6 Å². The lowest BCUT2D eigenvalue weighted by molar-refractivity contribution is 0.285. The molecular weight excluding hydrogens is 215 g/mol. The van der Waals surface area contributed by atoms with Crippen LogP contribution in [-0.4, -0.2) is 19.1 Å². The van der Waals surface area contributed by atoms with E-state index in [9.17, 15) is 4.39 Å². The second-order valence-corrected chi connectivity index (χ2v) is 5.27. The highest BCUT2D eigenvalue weighted by molar-refractivity contribution is 5.24. The van der Waals surface area contributed by atoms with E-state index in [2.05, 4.69) is 10.6 Å². The van der Waals surface area contributed by atoms with Crippen molar-refractivity contribution in [1.29, 1.82) is 0 Å². The van der Waals surface area contributed by atoms with Gasteiger partial charge in [0.05, 0.1) is 0 Å². The van der Waals surface area contributed by atoms with Crippen LogP contribution in [0.5, 0.6) is 0 Å². The van der Waals surface area contributed by atoms with E-state index in [0.29, 0.717) is 6.04 Å². The highest BCUT2D eigenvalue weighted by atomic mass is 19.1. The summed E-state index contributed by atoms with van der Waals surface area (Å²) in [6, 6.07) is 7.50. The number of rotatable bonds is 3. The molecule has 1 aliphatic heterocycles. The van der Waals surface area contributed by atoms with Gasteiger partial charge >= 0.3 is 0 Å². The van der Waals surface area contributed by atoms with Crippen molar-refractivity contribution in [1.82, 2.24) is 10.6 Å². The number of benzene rings is 1. The van der Waals surface area contributed by atoms with Gasteiger partial charge in [-0.15, -0.1) is 0 Å². The first-order valence-corrected chi connectivity index (χ1v) is 6.33. The van der Waals surface area contributed by atoms with Gasteiger partial charge in [0.15, 0.2) is 0 Å². The highest BCUT2D eigenvalue weighted by Crippen LogP contribution is 2.24. The third kappa shape index (κ3) is 3.05. The molecule has 0 bridgehead atoms. The molecule has 1 aromatic rings. The first-order valence-electron chi connectivity index (χ1n) is 6.33. The number of hydrogen-bond acceptors (Lipinski definition) is 2. The summed E-state index contributed by atoms with van der Waals surface area (Å²) >= 11 is 0. The van der Waals surface area contributed by atoms with Crippen LogP contribution in [0.4, 0.5) is 4.39 Å². The molecule has 17 heavy (non-hydrogen) atoms. The average molecular weight is 236 g/mol. The Morgan fingerprint density at radius 3 is 2.53 bits per heavy atom. The van der Waals surface area contributed by atoms with Crippen LogP contribution in [-0.2, 0) is 5.54 Å². The van der Waals surface area contributed by atoms with E-state index in [1.54, 1.807) is 6.07 Å². The zero-order valence-electron chi connectivity index (χ0n) is 10.6. The van der Waals surface area contributed by atoms with E-state index in [4.69, 9.17) is 0 Å². The minimum Gasteiger partial charge on any atom is -0.317 e. The predicted octanol–water partition coefficient (Wildman–Crippen LogP) is 2.40. The van der Waals surface area contributed by atoms with Crippen molar-refractivity contribution < 1.29 is 4.39 Å². The first kappa shape index (κ1) is 12.5. The lowest BCUT2D eigenvalue weighted by Gasteiger charge is -2.34. The van der Waals surface area contributed by atoms with E-state index < -0.39 is 0 Å². The Morgan fingerprint density at radius 2 is 1.88 bits per heavy atom. The number of nitrogens with one attached hydrogen (secondary N) is 2. The molecular formula is C14H21FN2. The quantitative estimate of drug-likeness (QED) is 0.842. The van der Waals surface area contributed by atoms with Gasteiger partial charge in [-0.2, -0.15) is 0 Å². The maximum absolute atomic E-state index is 13.8. The summed E-state index contributed by atoms with van der Waals surface area (Å²) in [5.41, 5.74) is 0.436. The molecule has 0 radical (unpaired) electrons. The monoisotopic (exact) mass is 236 g/mol. The summed E-state index contributed by atoms with van der Waals surface area (Å²) in [5, 5.41) is 6.91. The van der Waals surface area contributed by atoms with Crippen LogP contribution in [0.3, 0.4) is 0 Å². The molecule has 0 spiro atoms. The summed E-state index contributed by atoms with van der Waals surface area (Å²) in [7, 11) is 0. The van der Waals surface area contributed by atoms with Gasteiger partial charge in [-0.05, 0) is 45.8 Å². The fourth-order valence-corrected chi connectivity index (χ4v) is 2.52. The first-order chi connectivity index (χ1) is 8.09. The largest absolute Gasteiger partial charge is 0.317 e. The molecule has 0 atom stereocenters. The zero-order chi connectivity index (χ0) is 12.3. The number of hydrogen-bond donors (Lipinski definition) is 2. The van der Waals surface area contributed by atoms with E-state index in [1.807, 2.05) is 26.0 Å². The van der Waals surface area contributed by atoms with E-state index in [-0.39, 0.29) is 11.4 Å². The molecule has 0 saturated carbocycles. The Morgan fingerprint density at radius 1 is 1.24 bits per heavy atom. The Kier molecular flexibility index (Phi) is 3.79. The normalized spacial score (nSPS) is 18.3. The Balaban J connectivity index is 2.10. The van der Waals surface area contributed by atoms with Crippen molar-refractivity contribution in [2.45, 2.75) is 38.3 Å². The predicted molar refractivity (Wildman–Crippen MR) is 68.5 cm³/mol. The molecule has 2 nitrogen and oxygen atoms in total. The maximum atomic E-state index is 13.8. The zero-order valence-corrected chi connectivity index (χ0v) is 10.6. The molecule has 0 aliphatic carbocycles. The van der Waals surface area contributed by atoms with Crippen LogP contribution in [0.25, 0.3) is 0 Å². The summed E-state index contributed by atoms with van der Waals surface area (Å²) < 4.78 is 13.8. The van der Waals surface area contributed by atoms with Gasteiger partial charge < -0.3 is 10.6 Å². The molecule has 1 aromatic carbocycles. The molecule has 1 fully saturated rings. The molecule has 3 heteroatoms. The van der Waals surface area contributed by atoms with Crippen LogP contribution < -0.4 is 10.6 Å². The second-order valence-electron chi connectivity index (χ2n) is 5.27.